The van der Waals surface area contributed by atoms with Gasteiger partial charge in [0.25, 0.3) is 0 Å². The zero-order chi connectivity index (χ0) is 32.8. The van der Waals surface area contributed by atoms with Crippen molar-refractivity contribution < 1.29 is 10.2 Å². The molecule has 0 aromatic heterocycles. The van der Waals surface area contributed by atoms with Gasteiger partial charge in [0.2, 0.25) is 0 Å². The van der Waals surface area contributed by atoms with Crippen molar-refractivity contribution in [1.82, 2.24) is 9.80 Å². The Balaban J connectivity index is 0.995. The number of hydrogen-bond donors (Lipinski definition) is 4. The van der Waals surface area contributed by atoms with Gasteiger partial charge in [0.15, 0.2) is 0 Å². The maximum atomic E-state index is 13.3. The van der Waals surface area contributed by atoms with E-state index in [1.807, 2.05) is 0 Å². The van der Waals surface area contributed by atoms with Gasteiger partial charge in [-0.3, -0.25) is 9.80 Å². The average Bonchev–Trinajstić information content (AvgIpc) is 3.69. The minimum absolute atomic E-state index is 0.112. The monoisotopic (exact) mass is 656 g/mol. The molecule has 6 fully saturated rings. The van der Waals surface area contributed by atoms with E-state index in [-0.39, 0.29) is 41.4 Å². The normalized spacial score (nSPS) is 47.5. The molecule has 4 N–H and O–H groups in total. The number of fused-ring (bicyclic) bond motifs is 16. The maximum Gasteiger partial charge on any atom is 0.0699 e. The summed E-state index contributed by atoms with van der Waals surface area (Å²) in [6, 6.07) is 30.6. The van der Waals surface area contributed by atoms with Crippen molar-refractivity contribution in [3.05, 3.63) is 95.6 Å². The minimum Gasteiger partial charge on any atom is -0.390 e. The van der Waals surface area contributed by atoms with Gasteiger partial charge >= 0.3 is 0 Å². The highest BCUT2D eigenvalue weighted by atomic mass is 16.3. The SMILES string of the molecule is CC1(O)C2CN3CCC4c5ccccc5NC4C3CC2C2C(c3ccccc3)C1C1CC3C4Nc5ccccc5C4CCN3CC1C2(C)O. The highest BCUT2D eigenvalue weighted by Crippen LogP contribution is 2.68. The Morgan fingerprint density at radius 2 is 1.06 bits per heavy atom. The highest BCUT2D eigenvalue weighted by Gasteiger charge is 2.71. The highest BCUT2D eigenvalue weighted by molar-refractivity contribution is 5.61. The molecule has 49 heavy (non-hydrogen) atoms. The summed E-state index contributed by atoms with van der Waals surface area (Å²) < 4.78 is 0. The van der Waals surface area contributed by atoms with E-state index in [9.17, 15) is 10.2 Å². The summed E-state index contributed by atoms with van der Waals surface area (Å²) in [4.78, 5) is 5.49. The van der Waals surface area contributed by atoms with Crippen LogP contribution in [0.5, 0.6) is 0 Å². The van der Waals surface area contributed by atoms with Crippen LogP contribution in [0.4, 0.5) is 11.4 Å². The van der Waals surface area contributed by atoms with Gasteiger partial charge in [-0.25, -0.2) is 0 Å². The Morgan fingerprint density at radius 1 is 0.612 bits per heavy atom. The van der Waals surface area contributed by atoms with Gasteiger partial charge in [0, 0.05) is 72.3 Å². The van der Waals surface area contributed by atoms with Gasteiger partial charge in [-0.15, -0.1) is 0 Å². The third-order valence-corrected chi connectivity index (χ3v) is 16.1. The molecule has 6 heterocycles. The first-order valence-electron chi connectivity index (χ1n) is 19.5. The van der Waals surface area contributed by atoms with Crippen LogP contribution in [0.2, 0.25) is 0 Å². The van der Waals surface area contributed by atoms with E-state index >= 15 is 0 Å². The van der Waals surface area contributed by atoms with Gasteiger partial charge in [0.05, 0.1) is 11.2 Å². The molecule has 3 aromatic carbocycles. The van der Waals surface area contributed by atoms with E-state index < -0.39 is 11.2 Å². The van der Waals surface area contributed by atoms with E-state index in [0.717, 1.165) is 39.0 Å². The van der Waals surface area contributed by atoms with Crippen molar-refractivity contribution in [3.8, 4) is 0 Å². The molecule has 2 saturated carbocycles. The number of rotatable bonds is 1. The van der Waals surface area contributed by atoms with Gasteiger partial charge < -0.3 is 20.8 Å². The molecule has 8 aliphatic rings. The number of piperidine rings is 4. The summed E-state index contributed by atoms with van der Waals surface area (Å²) in [6.45, 7) is 8.51. The van der Waals surface area contributed by atoms with Crippen LogP contribution in [0.25, 0.3) is 0 Å². The van der Waals surface area contributed by atoms with Crippen molar-refractivity contribution >= 4 is 11.4 Å². The molecule has 0 spiro atoms. The minimum atomic E-state index is -0.822. The Labute approximate surface area is 291 Å². The first-order valence-corrected chi connectivity index (χ1v) is 19.5. The fourth-order valence-corrected chi connectivity index (χ4v) is 14.3. The van der Waals surface area contributed by atoms with Crippen molar-refractivity contribution in [2.24, 2.45) is 35.5 Å². The van der Waals surface area contributed by atoms with Crippen LogP contribution >= 0.6 is 0 Å². The molecule has 2 bridgehead atoms. The van der Waals surface area contributed by atoms with Crippen molar-refractivity contribution in [2.75, 3.05) is 36.8 Å². The third-order valence-electron chi connectivity index (χ3n) is 16.1. The quantitative estimate of drug-likeness (QED) is 0.254. The van der Waals surface area contributed by atoms with E-state index in [1.54, 1.807) is 0 Å². The number of aliphatic hydroxyl groups is 2. The molecule has 2 aliphatic carbocycles. The lowest BCUT2D eigenvalue weighted by Gasteiger charge is -2.71. The number of nitrogens with zero attached hydrogens (tertiary/aromatic N) is 2. The number of para-hydroxylation sites is 2. The Bertz CT molecular complexity index is 1670. The smallest absolute Gasteiger partial charge is 0.0699 e. The Hall–Kier alpha value is -2.90. The zero-order valence-electron chi connectivity index (χ0n) is 29.0. The van der Waals surface area contributed by atoms with E-state index in [4.69, 9.17) is 0 Å². The Kier molecular flexibility index (Phi) is 6.29. The van der Waals surface area contributed by atoms with Crippen molar-refractivity contribution in [1.29, 1.82) is 0 Å². The lowest BCUT2D eigenvalue weighted by Crippen LogP contribution is -2.76. The van der Waals surface area contributed by atoms with Crippen molar-refractivity contribution in [3.63, 3.8) is 0 Å². The summed E-state index contributed by atoms with van der Waals surface area (Å²) >= 11 is 0. The van der Waals surface area contributed by atoms with Crippen LogP contribution < -0.4 is 10.6 Å². The number of anilines is 2. The first kappa shape index (κ1) is 29.8. The summed E-state index contributed by atoms with van der Waals surface area (Å²) in [5.74, 6) is 2.25. The molecule has 4 saturated heterocycles. The molecular weight excluding hydrogens is 604 g/mol. The molecule has 14 atom stereocenters. The summed E-state index contributed by atoms with van der Waals surface area (Å²) in [5.41, 5.74) is 5.27. The predicted molar refractivity (Wildman–Crippen MR) is 194 cm³/mol. The predicted octanol–water partition coefficient (Wildman–Crippen LogP) is 6.11. The largest absolute Gasteiger partial charge is 0.390 e. The van der Waals surface area contributed by atoms with Crippen LogP contribution in [-0.2, 0) is 0 Å². The van der Waals surface area contributed by atoms with Crippen LogP contribution in [0.1, 0.15) is 74.0 Å². The molecule has 3 aromatic rings. The van der Waals surface area contributed by atoms with Crippen LogP contribution in [0.15, 0.2) is 78.9 Å². The molecule has 0 amide bonds. The molecule has 6 aliphatic heterocycles. The average molecular weight is 657 g/mol. The topological polar surface area (TPSA) is 71.0 Å². The van der Waals surface area contributed by atoms with Crippen LogP contribution in [-0.4, -0.2) is 81.6 Å². The van der Waals surface area contributed by atoms with Crippen molar-refractivity contribution in [2.45, 2.75) is 92.7 Å². The zero-order valence-corrected chi connectivity index (χ0v) is 29.0. The number of benzene rings is 3. The summed E-state index contributed by atoms with van der Waals surface area (Å²) in [6.07, 6.45) is 4.41. The fourth-order valence-electron chi connectivity index (χ4n) is 14.3. The van der Waals surface area contributed by atoms with Gasteiger partial charge in [-0.2, -0.15) is 0 Å². The molecule has 14 unspecified atom stereocenters. The molecule has 256 valence electrons. The van der Waals surface area contributed by atoms with Gasteiger partial charge in [-0.05, 0) is 111 Å². The third kappa shape index (κ3) is 3.98. The standard InChI is InChI=1S/C43H52N4O2/c1-42(48)31-22-46-18-16-27-25-12-6-8-14-33(25)44-40(27)35(46)20-29(31)39-37(24-10-4-3-5-11-24)38(42)30-21-36-41-28(26-13-7-9-15-34(26)45-41)17-19-47(36)23-32(30)43(39,2)49/h3-15,27-32,35-41,44-45,48-49H,16-23H2,1-2H3. The van der Waals surface area contributed by atoms with Gasteiger partial charge in [0.1, 0.15) is 0 Å². The molecular formula is C43H52N4O2. The van der Waals surface area contributed by atoms with E-state index in [1.165, 1.54) is 40.9 Å². The Morgan fingerprint density at radius 3 is 1.55 bits per heavy atom. The molecule has 0 radical (unpaired) electrons. The number of hydrogen-bond acceptors (Lipinski definition) is 6. The summed E-state index contributed by atoms with van der Waals surface area (Å²) in [5, 5.41) is 34.6. The van der Waals surface area contributed by atoms with E-state index in [2.05, 4.69) is 113 Å². The maximum absolute atomic E-state index is 13.3. The first-order chi connectivity index (χ1) is 23.8. The number of nitrogens with one attached hydrogen (secondary N) is 2. The second kappa shape index (κ2) is 10.3. The summed E-state index contributed by atoms with van der Waals surface area (Å²) in [7, 11) is 0. The van der Waals surface area contributed by atoms with Gasteiger partial charge in [-0.1, -0.05) is 66.7 Å². The lowest BCUT2D eigenvalue weighted by molar-refractivity contribution is -0.276. The molecule has 11 rings (SSSR count). The van der Waals surface area contributed by atoms with Crippen LogP contribution in [0.3, 0.4) is 0 Å². The second-order valence-corrected chi connectivity index (χ2v) is 17.9. The molecule has 6 nitrogen and oxygen atoms in total. The fraction of sp³-hybridized carbons (Fsp3) is 0.581. The van der Waals surface area contributed by atoms with Crippen LogP contribution in [0, 0.1) is 35.5 Å². The second-order valence-electron chi connectivity index (χ2n) is 17.9. The molecule has 6 heteroatoms. The van der Waals surface area contributed by atoms with E-state index in [0.29, 0.717) is 36.0 Å². The lowest BCUT2D eigenvalue weighted by atomic mass is 9.39.